The molecule has 0 radical (unpaired) electrons. The zero-order valence-corrected chi connectivity index (χ0v) is 11.9. The number of rotatable bonds is 3. The number of methoxy groups -OCH3 is 1. The largest absolute Gasteiger partial charge is 0.496 e. The Morgan fingerprint density at radius 2 is 2.10 bits per heavy atom. The molecule has 0 aliphatic carbocycles. The minimum atomic E-state index is -0.375. The van der Waals surface area contributed by atoms with Crippen LogP contribution in [0.25, 0.3) is 0 Å². The normalized spacial score (nSPS) is 9.76. The van der Waals surface area contributed by atoms with Crippen molar-refractivity contribution in [1.29, 1.82) is 5.26 Å². The summed E-state index contributed by atoms with van der Waals surface area (Å²) in [4.78, 5) is 12.3. The van der Waals surface area contributed by atoms with Gasteiger partial charge in [-0.2, -0.15) is 5.26 Å². The predicted molar refractivity (Wildman–Crippen MR) is 81.5 cm³/mol. The van der Waals surface area contributed by atoms with Crippen molar-refractivity contribution < 1.29 is 9.53 Å². The highest BCUT2D eigenvalue weighted by Gasteiger charge is 2.14. The van der Waals surface area contributed by atoms with E-state index in [2.05, 4.69) is 5.32 Å². The van der Waals surface area contributed by atoms with Gasteiger partial charge in [0.15, 0.2) is 0 Å². The minimum absolute atomic E-state index is 0.315. The lowest BCUT2D eigenvalue weighted by molar-refractivity contribution is 0.102. The van der Waals surface area contributed by atoms with E-state index in [1.54, 1.807) is 30.3 Å². The second-order valence-corrected chi connectivity index (χ2v) is 4.65. The third-order valence-electron chi connectivity index (χ3n) is 2.84. The van der Waals surface area contributed by atoms with Gasteiger partial charge < -0.3 is 15.8 Å². The number of carbonyl (C=O) groups is 1. The van der Waals surface area contributed by atoms with Crippen molar-refractivity contribution in [2.24, 2.45) is 0 Å². The van der Waals surface area contributed by atoms with E-state index < -0.39 is 0 Å². The average molecular weight is 302 g/mol. The molecule has 0 atom stereocenters. The van der Waals surface area contributed by atoms with Crippen molar-refractivity contribution in [3.63, 3.8) is 0 Å². The van der Waals surface area contributed by atoms with Crippen molar-refractivity contribution in [1.82, 2.24) is 0 Å². The first-order valence-corrected chi connectivity index (χ1v) is 6.37. The first-order chi connectivity index (χ1) is 10.0. The number of ether oxygens (including phenoxy) is 1. The summed E-state index contributed by atoms with van der Waals surface area (Å²) in [5.41, 5.74) is 7.31. The molecule has 0 unspecified atom stereocenters. The fourth-order valence-corrected chi connectivity index (χ4v) is 1.95. The van der Waals surface area contributed by atoms with Crippen LogP contribution in [-0.2, 0) is 0 Å². The van der Waals surface area contributed by atoms with Gasteiger partial charge in [-0.1, -0.05) is 11.6 Å². The van der Waals surface area contributed by atoms with Crippen LogP contribution in [0.4, 0.5) is 11.4 Å². The van der Waals surface area contributed by atoms with Gasteiger partial charge in [-0.25, -0.2) is 0 Å². The molecule has 0 saturated heterocycles. The van der Waals surface area contributed by atoms with Crippen LogP contribution in [0.2, 0.25) is 5.02 Å². The van der Waals surface area contributed by atoms with Gasteiger partial charge >= 0.3 is 0 Å². The molecule has 0 aliphatic heterocycles. The number of carbonyl (C=O) groups excluding carboxylic acids is 1. The summed E-state index contributed by atoms with van der Waals surface area (Å²) in [6.45, 7) is 0. The lowest BCUT2D eigenvalue weighted by Gasteiger charge is -2.11. The lowest BCUT2D eigenvalue weighted by Crippen LogP contribution is -2.14. The predicted octanol–water partition coefficient (Wildman–Crippen LogP) is 3.05. The topological polar surface area (TPSA) is 88.1 Å². The number of hydrogen-bond acceptors (Lipinski definition) is 4. The van der Waals surface area contributed by atoms with Crippen LogP contribution in [0.3, 0.4) is 0 Å². The molecule has 3 N–H and O–H groups in total. The summed E-state index contributed by atoms with van der Waals surface area (Å²) in [5, 5.41) is 11.9. The van der Waals surface area contributed by atoms with Crippen molar-refractivity contribution in [3.05, 3.63) is 52.5 Å². The van der Waals surface area contributed by atoms with Crippen LogP contribution in [0.5, 0.6) is 5.75 Å². The van der Waals surface area contributed by atoms with Gasteiger partial charge in [-0.3, -0.25) is 4.79 Å². The molecule has 2 rings (SSSR count). The summed E-state index contributed by atoms with van der Waals surface area (Å²) in [6.07, 6.45) is 0. The molecule has 106 valence electrons. The van der Waals surface area contributed by atoms with Gasteiger partial charge in [0.25, 0.3) is 5.91 Å². The summed E-state index contributed by atoms with van der Waals surface area (Å²) >= 11 is 5.86. The van der Waals surface area contributed by atoms with E-state index in [1.807, 2.05) is 6.07 Å². The number of nitrogen functional groups attached to an aromatic ring is 1. The highest BCUT2D eigenvalue weighted by atomic mass is 35.5. The first kappa shape index (κ1) is 14.7. The Balaban J connectivity index is 2.28. The van der Waals surface area contributed by atoms with E-state index in [0.29, 0.717) is 33.3 Å². The monoisotopic (exact) mass is 301 g/mol. The number of nitriles is 1. The molecule has 6 heteroatoms. The van der Waals surface area contributed by atoms with Crippen molar-refractivity contribution >= 4 is 28.9 Å². The van der Waals surface area contributed by atoms with Gasteiger partial charge in [0.1, 0.15) is 5.75 Å². The Hall–Kier alpha value is -2.71. The second-order valence-electron chi connectivity index (χ2n) is 4.21. The van der Waals surface area contributed by atoms with E-state index in [9.17, 15) is 4.79 Å². The number of amides is 1. The highest BCUT2D eigenvalue weighted by molar-refractivity contribution is 6.31. The van der Waals surface area contributed by atoms with Crippen LogP contribution in [0.1, 0.15) is 15.9 Å². The Kier molecular flexibility index (Phi) is 4.31. The van der Waals surface area contributed by atoms with Gasteiger partial charge in [-0.15, -0.1) is 0 Å². The molecule has 0 aromatic heterocycles. The summed E-state index contributed by atoms with van der Waals surface area (Å²) < 4.78 is 5.13. The molecule has 5 nitrogen and oxygen atoms in total. The summed E-state index contributed by atoms with van der Waals surface area (Å²) in [6, 6.07) is 11.3. The van der Waals surface area contributed by atoms with E-state index in [-0.39, 0.29) is 5.91 Å². The zero-order chi connectivity index (χ0) is 15.4. The van der Waals surface area contributed by atoms with E-state index in [4.69, 9.17) is 27.3 Å². The number of hydrogen-bond donors (Lipinski definition) is 2. The molecule has 2 aromatic carbocycles. The standard InChI is InChI=1S/C15H12ClN3O2/c1-21-14-7-10(16)3-4-11(14)15(20)19-13-5-2-9(8-17)6-12(13)18/h2-7H,18H2,1H3,(H,19,20). The van der Waals surface area contributed by atoms with Gasteiger partial charge in [0, 0.05) is 5.02 Å². The summed E-state index contributed by atoms with van der Waals surface area (Å²) in [5.74, 6) is -0.00728. The molecule has 0 bridgehead atoms. The second kappa shape index (κ2) is 6.16. The van der Waals surface area contributed by atoms with E-state index in [1.165, 1.54) is 13.2 Å². The quantitative estimate of drug-likeness (QED) is 0.853. The maximum absolute atomic E-state index is 12.3. The number of halogens is 1. The molecular weight excluding hydrogens is 290 g/mol. The maximum atomic E-state index is 12.3. The number of nitrogens with one attached hydrogen (secondary N) is 1. The molecular formula is C15H12ClN3O2. The van der Waals surface area contributed by atoms with Gasteiger partial charge in [0.05, 0.1) is 35.7 Å². The Morgan fingerprint density at radius 1 is 1.33 bits per heavy atom. The minimum Gasteiger partial charge on any atom is -0.496 e. The first-order valence-electron chi connectivity index (χ1n) is 5.99. The lowest BCUT2D eigenvalue weighted by atomic mass is 10.1. The summed E-state index contributed by atoms with van der Waals surface area (Å²) in [7, 11) is 1.46. The zero-order valence-electron chi connectivity index (χ0n) is 11.2. The average Bonchev–Trinajstić information content (AvgIpc) is 2.48. The molecule has 0 spiro atoms. The van der Waals surface area contributed by atoms with Crippen LogP contribution < -0.4 is 15.8 Å². The number of nitrogens with zero attached hydrogens (tertiary/aromatic N) is 1. The van der Waals surface area contributed by atoms with Crippen molar-refractivity contribution in [2.75, 3.05) is 18.2 Å². The Bertz CT molecular complexity index is 738. The SMILES string of the molecule is COc1cc(Cl)ccc1C(=O)Nc1ccc(C#N)cc1N. The molecule has 1 amide bonds. The van der Waals surface area contributed by atoms with Crippen LogP contribution in [0.15, 0.2) is 36.4 Å². The molecule has 0 fully saturated rings. The van der Waals surface area contributed by atoms with Crippen LogP contribution in [0, 0.1) is 11.3 Å². The molecule has 0 aliphatic rings. The molecule has 2 aromatic rings. The van der Waals surface area contributed by atoms with Crippen molar-refractivity contribution in [3.8, 4) is 11.8 Å². The van der Waals surface area contributed by atoms with Crippen LogP contribution >= 0.6 is 11.6 Å². The Morgan fingerprint density at radius 3 is 2.71 bits per heavy atom. The van der Waals surface area contributed by atoms with E-state index >= 15 is 0 Å². The third-order valence-corrected chi connectivity index (χ3v) is 3.07. The van der Waals surface area contributed by atoms with E-state index in [0.717, 1.165) is 0 Å². The number of nitrogens with two attached hydrogens (primary N) is 1. The fraction of sp³-hybridized carbons (Fsp3) is 0.0667. The smallest absolute Gasteiger partial charge is 0.259 e. The number of benzene rings is 2. The molecule has 0 heterocycles. The van der Waals surface area contributed by atoms with Crippen molar-refractivity contribution in [2.45, 2.75) is 0 Å². The maximum Gasteiger partial charge on any atom is 0.259 e. The van der Waals surface area contributed by atoms with Crippen LogP contribution in [-0.4, -0.2) is 13.0 Å². The highest BCUT2D eigenvalue weighted by Crippen LogP contribution is 2.25. The van der Waals surface area contributed by atoms with Gasteiger partial charge in [-0.05, 0) is 36.4 Å². The third kappa shape index (κ3) is 3.25. The number of anilines is 2. The fourth-order valence-electron chi connectivity index (χ4n) is 1.79. The van der Waals surface area contributed by atoms with Gasteiger partial charge in [0.2, 0.25) is 0 Å². The molecule has 21 heavy (non-hydrogen) atoms. The molecule has 0 saturated carbocycles. The Labute approximate surface area is 126 Å².